The van der Waals surface area contributed by atoms with Gasteiger partial charge in [-0.15, -0.1) is 0 Å². The number of aromatic nitrogens is 1. The van der Waals surface area contributed by atoms with Gasteiger partial charge in [0.25, 0.3) is 11.8 Å². The van der Waals surface area contributed by atoms with Crippen LogP contribution in [0, 0.1) is 12.7 Å². The van der Waals surface area contributed by atoms with E-state index in [1.807, 2.05) is 25.3 Å². The molecule has 8 nitrogen and oxygen atoms in total. The van der Waals surface area contributed by atoms with Crippen LogP contribution in [0.1, 0.15) is 12.0 Å². The van der Waals surface area contributed by atoms with E-state index in [0.717, 1.165) is 11.6 Å². The molecule has 10 heteroatoms. The molecule has 0 unspecified atom stereocenters. The van der Waals surface area contributed by atoms with Crippen molar-refractivity contribution in [3.8, 4) is 5.75 Å². The fourth-order valence-corrected chi connectivity index (χ4v) is 2.62. The van der Waals surface area contributed by atoms with Gasteiger partial charge in [-0.3, -0.25) is 14.4 Å². The average Bonchev–Trinajstić information content (AvgIpc) is 2.77. The van der Waals surface area contributed by atoms with E-state index in [0.29, 0.717) is 17.5 Å². The van der Waals surface area contributed by atoms with Crippen molar-refractivity contribution in [1.29, 1.82) is 0 Å². The summed E-state index contributed by atoms with van der Waals surface area (Å²) in [6, 6.07) is 7.56. The molecule has 174 valence electrons. The van der Waals surface area contributed by atoms with Gasteiger partial charge in [0.05, 0.1) is 10.6 Å². The average molecular weight is 475 g/mol. The molecule has 2 amide bonds. The summed E-state index contributed by atoms with van der Waals surface area (Å²) in [5.74, 6) is -1.60. The third-order valence-electron chi connectivity index (χ3n) is 4.29. The number of pyridine rings is 1. The van der Waals surface area contributed by atoms with Crippen LogP contribution in [-0.2, 0) is 21.4 Å². The summed E-state index contributed by atoms with van der Waals surface area (Å²) in [5.41, 5.74) is 1.76. The zero-order valence-electron chi connectivity index (χ0n) is 18.2. The molecule has 2 N–H and O–H groups in total. The Morgan fingerprint density at radius 3 is 2.76 bits per heavy atom. The number of ether oxygens (including phenoxy) is 1. The molecule has 0 spiro atoms. The number of carbonyl (C=O) groups excluding carboxylic acids is 3. The van der Waals surface area contributed by atoms with Gasteiger partial charge in [0.1, 0.15) is 17.1 Å². The Hall–Kier alpha value is -3.72. The van der Waals surface area contributed by atoms with Crippen molar-refractivity contribution in [2.24, 2.45) is 12.0 Å². The SMILES string of the molecule is C=C(CCNC(=O)/C(C=O)=C/N=c1cc(C)ccn1C)NC(=O)COc1ccc(Cl)c(F)c1. The van der Waals surface area contributed by atoms with Crippen LogP contribution in [0.25, 0.3) is 0 Å². The zero-order chi connectivity index (χ0) is 24.4. The Morgan fingerprint density at radius 2 is 2.06 bits per heavy atom. The maximum absolute atomic E-state index is 13.4. The minimum absolute atomic E-state index is 0.0485. The van der Waals surface area contributed by atoms with Crippen LogP contribution in [0.15, 0.2) is 65.6 Å². The molecule has 0 saturated heterocycles. The van der Waals surface area contributed by atoms with Gasteiger partial charge in [-0.25, -0.2) is 9.38 Å². The smallest absolute Gasteiger partial charge is 0.262 e. The van der Waals surface area contributed by atoms with Gasteiger partial charge in [0.2, 0.25) is 0 Å². The molecule has 2 rings (SSSR count). The van der Waals surface area contributed by atoms with Crippen LogP contribution in [0.4, 0.5) is 4.39 Å². The predicted octanol–water partition coefficient (Wildman–Crippen LogP) is 2.32. The molecule has 0 aliphatic carbocycles. The van der Waals surface area contributed by atoms with Crippen LogP contribution in [0.3, 0.4) is 0 Å². The standard InChI is InChI=1S/C23H24ClFN4O4/c1-15-7-9-29(3)21(10-15)27-12-17(13-30)23(32)26-8-6-16(2)28-22(31)14-33-18-4-5-19(24)20(25)11-18/h4-5,7,9-13H,2,6,8,14H2,1,3H3,(H,26,32)(H,28,31)/b17-12+,27-21?. The van der Waals surface area contributed by atoms with Crippen molar-refractivity contribution >= 4 is 29.7 Å². The van der Waals surface area contributed by atoms with Crippen LogP contribution < -0.4 is 20.9 Å². The summed E-state index contributed by atoms with van der Waals surface area (Å²) in [6.07, 6.45) is 3.66. The first-order valence-electron chi connectivity index (χ1n) is 9.85. The Kier molecular flexibility index (Phi) is 9.56. The second-order valence-corrected chi connectivity index (χ2v) is 7.43. The van der Waals surface area contributed by atoms with Gasteiger partial charge in [-0.1, -0.05) is 18.2 Å². The second-order valence-electron chi connectivity index (χ2n) is 7.03. The van der Waals surface area contributed by atoms with E-state index < -0.39 is 17.6 Å². The number of nitrogens with one attached hydrogen (secondary N) is 2. The number of carbonyl (C=O) groups is 3. The van der Waals surface area contributed by atoms with E-state index in [1.54, 1.807) is 11.6 Å². The highest BCUT2D eigenvalue weighted by Crippen LogP contribution is 2.20. The van der Waals surface area contributed by atoms with Crippen molar-refractivity contribution < 1.29 is 23.5 Å². The van der Waals surface area contributed by atoms with Gasteiger partial charge >= 0.3 is 0 Å². The first kappa shape index (κ1) is 25.5. The molecule has 33 heavy (non-hydrogen) atoms. The quantitative estimate of drug-likeness (QED) is 0.239. The summed E-state index contributed by atoms with van der Waals surface area (Å²) in [4.78, 5) is 39.6. The Bertz CT molecular complexity index is 1160. The van der Waals surface area contributed by atoms with Crippen molar-refractivity contribution in [2.45, 2.75) is 13.3 Å². The molecule has 0 aliphatic rings. The number of hydrogen-bond donors (Lipinski definition) is 2. The molecule has 1 heterocycles. The Balaban J connectivity index is 1.80. The van der Waals surface area contributed by atoms with E-state index in [1.165, 1.54) is 18.3 Å². The minimum atomic E-state index is -0.654. The molecular weight excluding hydrogens is 451 g/mol. The summed E-state index contributed by atoms with van der Waals surface area (Å²) >= 11 is 5.59. The molecule has 0 saturated carbocycles. The van der Waals surface area contributed by atoms with Gasteiger partial charge in [-0.2, -0.15) is 0 Å². The predicted molar refractivity (Wildman–Crippen MR) is 122 cm³/mol. The van der Waals surface area contributed by atoms with Crippen molar-refractivity contribution in [3.05, 3.63) is 82.5 Å². The molecule has 0 atom stereocenters. The number of benzene rings is 1. The monoisotopic (exact) mass is 474 g/mol. The number of halogens is 2. The van der Waals surface area contributed by atoms with E-state index in [9.17, 15) is 18.8 Å². The highest BCUT2D eigenvalue weighted by Gasteiger charge is 2.10. The molecule has 1 aromatic carbocycles. The number of aryl methyl sites for hydroxylation is 2. The van der Waals surface area contributed by atoms with E-state index >= 15 is 0 Å². The van der Waals surface area contributed by atoms with Gasteiger partial charge < -0.3 is 19.9 Å². The fourth-order valence-electron chi connectivity index (χ4n) is 2.51. The lowest BCUT2D eigenvalue weighted by molar-refractivity contribution is -0.122. The number of aldehydes is 1. The number of nitrogens with zero attached hydrogens (tertiary/aromatic N) is 2. The molecule has 2 aromatic rings. The lowest BCUT2D eigenvalue weighted by atomic mass is 10.2. The van der Waals surface area contributed by atoms with Crippen molar-refractivity contribution in [3.63, 3.8) is 0 Å². The van der Waals surface area contributed by atoms with E-state index in [4.69, 9.17) is 16.3 Å². The van der Waals surface area contributed by atoms with Gasteiger partial charge in [0, 0.05) is 44.2 Å². The van der Waals surface area contributed by atoms with E-state index in [2.05, 4.69) is 22.2 Å². The summed E-state index contributed by atoms with van der Waals surface area (Å²) < 4.78 is 20.3. The third kappa shape index (κ3) is 8.38. The maximum atomic E-state index is 13.4. The third-order valence-corrected chi connectivity index (χ3v) is 4.60. The normalized spacial score (nSPS) is 11.6. The Morgan fingerprint density at radius 1 is 1.30 bits per heavy atom. The summed E-state index contributed by atoms with van der Waals surface area (Å²) in [6.45, 7) is 5.39. The van der Waals surface area contributed by atoms with Crippen LogP contribution in [0.2, 0.25) is 5.02 Å². The highest BCUT2D eigenvalue weighted by molar-refractivity contribution is 6.30. The maximum Gasteiger partial charge on any atom is 0.262 e. The summed E-state index contributed by atoms with van der Waals surface area (Å²) in [5, 5.41) is 5.03. The van der Waals surface area contributed by atoms with Crippen LogP contribution in [0.5, 0.6) is 5.75 Å². The molecule has 1 aromatic heterocycles. The lowest BCUT2D eigenvalue weighted by Crippen LogP contribution is -2.31. The highest BCUT2D eigenvalue weighted by atomic mass is 35.5. The molecule has 0 radical (unpaired) electrons. The minimum Gasteiger partial charge on any atom is -0.484 e. The van der Waals surface area contributed by atoms with Crippen molar-refractivity contribution in [2.75, 3.05) is 13.2 Å². The topological polar surface area (TPSA) is 102 Å². The second kappa shape index (κ2) is 12.4. The number of amides is 2. The van der Waals surface area contributed by atoms with E-state index in [-0.39, 0.29) is 35.9 Å². The number of hydrogen-bond acceptors (Lipinski definition) is 5. The molecular formula is C23H24ClFN4O4. The van der Waals surface area contributed by atoms with Crippen LogP contribution in [-0.4, -0.2) is 35.8 Å². The zero-order valence-corrected chi connectivity index (χ0v) is 19.0. The van der Waals surface area contributed by atoms with Gasteiger partial charge in [0.15, 0.2) is 12.9 Å². The first-order chi connectivity index (χ1) is 15.7. The largest absolute Gasteiger partial charge is 0.484 e. The molecule has 0 aliphatic heterocycles. The fraction of sp³-hybridized carbons (Fsp3) is 0.217. The Labute approximate surface area is 195 Å². The first-order valence-corrected chi connectivity index (χ1v) is 10.2. The summed E-state index contributed by atoms with van der Waals surface area (Å²) in [7, 11) is 1.80. The van der Waals surface area contributed by atoms with Crippen LogP contribution >= 0.6 is 11.6 Å². The lowest BCUT2D eigenvalue weighted by Gasteiger charge is -2.10. The molecule has 0 bridgehead atoms. The van der Waals surface area contributed by atoms with Crippen molar-refractivity contribution in [1.82, 2.24) is 15.2 Å². The van der Waals surface area contributed by atoms with Gasteiger partial charge in [-0.05, 0) is 36.8 Å². The number of rotatable bonds is 10. The molecule has 0 fully saturated rings.